The number of hydrogen-bond acceptors (Lipinski definition) is 2. The van der Waals surface area contributed by atoms with Crippen molar-refractivity contribution in [3.8, 4) is 0 Å². The van der Waals surface area contributed by atoms with E-state index in [1.54, 1.807) is 6.07 Å². The van der Waals surface area contributed by atoms with Crippen LogP contribution in [0, 0.1) is 6.92 Å². The number of aromatic nitrogens is 1. The van der Waals surface area contributed by atoms with Gasteiger partial charge in [-0.05, 0) is 19.1 Å². The molecule has 1 atom stereocenters. The number of halogens is 1. The summed E-state index contributed by atoms with van der Waals surface area (Å²) in [6.45, 7) is 1.88. The second-order valence-corrected chi connectivity index (χ2v) is 2.68. The van der Waals surface area contributed by atoms with E-state index in [2.05, 4.69) is 4.98 Å². The van der Waals surface area contributed by atoms with Gasteiger partial charge in [-0.3, -0.25) is 4.98 Å². The first-order valence-corrected chi connectivity index (χ1v) is 3.95. The summed E-state index contributed by atoms with van der Waals surface area (Å²) in [7, 11) is 0. The predicted molar refractivity (Wildman–Crippen MR) is 44.7 cm³/mol. The van der Waals surface area contributed by atoms with E-state index in [1.165, 1.54) is 0 Å². The molecule has 0 aliphatic rings. The maximum absolute atomic E-state index is 9.26. The Labute approximate surface area is 70.8 Å². The molecule has 1 N–H and O–H groups in total. The Morgan fingerprint density at radius 2 is 2.36 bits per heavy atom. The quantitative estimate of drug-likeness (QED) is 0.687. The molecule has 2 nitrogen and oxygen atoms in total. The fourth-order valence-corrected chi connectivity index (χ4v) is 0.987. The highest BCUT2D eigenvalue weighted by Crippen LogP contribution is 2.11. The molecule has 0 aliphatic carbocycles. The average Bonchev–Trinajstić information content (AvgIpc) is 2.03. The zero-order valence-corrected chi connectivity index (χ0v) is 7.04. The Morgan fingerprint density at radius 1 is 1.64 bits per heavy atom. The molecule has 0 bridgehead atoms. The van der Waals surface area contributed by atoms with E-state index in [0.29, 0.717) is 5.69 Å². The first kappa shape index (κ1) is 8.50. The van der Waals surface area contributed by atoms with Crippen molar-refractivity contribution in [2.24, 2.45) is 0 Å². The third-order valence-corrected chi connectivity index (χ3v) is 1.69. The van der Waals surface area contributed by atoms with Crippen molar-refractivity contribution in [2.75, 3.05) is 5.88 Å². The van der Waals surface area contributed by atoms with E-state index in [4.69, 9.17) is 11.6 Å². The van der Waals surface area contributed by atoms with Gasteiger partial charge in [0.2, 0.25) is 0 Å². The van der Waals surface area contributed by atoms with Gasteiger partial charge >= 0.3 is 0 Å². The molecule has 0 aromatic carbocycles. The lowest BCUT2D eigenvalue weighted by atomic mass is 10.2. The molecule has 0 radical (unpaired) electrons. The van der Waals surface area contributed by atoms with E-state index in [1.807, 2.05) is 19.1 Å². The van der Waals surface area contributed by atoms with Gasteiger partial charge in [-0.2, -0.15) is 0 Å². The van der Waals surface area contributed by atoms with Gasteiger partial charge in [0.15, 0.2) is 0 Å². The normalized spacial score (nSPS) is 13.0. The van der Waals surface area contributed by atoms with Gasteiger partial charge in [0.05, 0.1) is 11.6 Å². The molecule has 1 unspecified atom stereocenters. The number of nitrogens with zero attached hydrogens (tertiary/aromatic N) is 1. The Morgan fingerprint density at radius 3 is 2.91 bits per heavy atom. The van der Waals surface area contributed by atoms with Crippen molar-refractivity contribution in [1.82, 2.24) is 4.98 Å². The van der Waals surface area contributed by atoms with Crippen molar-refractivity contribution in [3.63, 3.8) is 0 Å². The third kappa shape index (κ3) is 2.17. The summed E-state index contributed by atoms with van der Waals surface area (Å²) in [6, 6.07) is 5.50. The maximum atomic E-state index is 9.26. The van der Waals surface area contributed by atoms with Crippen molar-refractivity contribution in [1.29, 1.82) is 0 Å². The number of alkyl halides is 1. The van der Waals surface area contributed by atoms with E-state index in [-0.39, 0.29) is 5.88 Å². The van der Waals surface area contributed by atoms with Crippen LogP contribution in [-0.2, 0) is 0 Å². The minimum Gasteiger partial charge on any atom is -0.386 e. The van der Waals surface area contributed by atoms with Crippen LogP contribution in [0.5, 0.6) is 0 Å². The van der Waals surface area contributed by atoms with E-state index in [0.717, 1.165) is 5.69 Å². The van der Waals surface area contributed by atoms with Crippen molar-refractivity contribution in [2.45, 2.75) is 13.0 Å². The minimum atomic E-state index is -0.642. The zero-order valence-electron chi connectivity index (χ0n) is 6.29. The standard InChI is InChI=1S/C8H10ClNO/c1-6-3-2-4-7(10-6)8(11)5-9/h2-4,8,11H,5H2,1H3. The monoisotopic (exact) mass is 171 g/mol. The largest absolute Gasteiger partial charge is 0.386 e. The van der Waals surface area contributed by atoms with Gasteiger partial charge in [0.25, 0.3) is 0 Å². The molecule has 1 heterocycles. The summed E-state index contributed by atoms with van der Waals surface area (Å²) >= 11 is 5.45. The van der Waals surface area contributed by atoms with E-state index in [9.17, 15) is 5.11 Å². The molecule has 0 saturated carbocycles. The highest BCUT2D eigenvalue weighted by molar-refractivity contribution is 6.18. The second-order valence-electron chi connectivity index (χ2n) is 2.37. The molecule has 3 heteroatoms. The highest BCUT2D eigenvalue weighted by Gasteiger charge is 2.05. The summed E-state index contributed by atoms with van der Waals surface area (Å²) in [6.07, 6.45) is -0.642. The minimum absolute atomic E-state index is 0.191. The van der Waals surface area contributed by atoms with Gasteiger partial charge in [0, 0.05) is 5.69 Å². The Kier molecular flexibility index (Phi) is 2.85. The third-order valence-electron chi connectivity index (χ3n) is 1.40. The molecule has 1 aromatic heterocycles. The number of aryl methyl sites for hydroxylation is 1. The Hall–Kier alpha value is -0.600. The van der Waals surface area contributed by atoms with Crippen LogP contribution >= 0.6 is 11.6 Å². The van der Waals surface area contributed by atoms with Gasteiger partial charge in [-0.1, -0.05) is 6.07 Å². The first-order valence-electron chi connectivity index (χ1n) is 3.41. The lowest BCUT2D eigenvalue weighted by Crippen LogP contribution is -2.01. The van der Waals surface area contributed by atoms with Gasteiger partial charge in [-0.25, -0.2) is 0 Å². The average molecular weight is 172 g/mol. The molecular weight excluding hydrogens is 162 g/mol. The van der Waals surface area contributed by atoms with E-state index < -0.39 is 6.10 Å². The summed E-state index contributed by atoms with van der Waals surface area (Å²) in [5.74, 6) is 0.191. The van der Waals surface area contributed by atoms with Crippen LogP contribution in [0.1, 0.15) is 17.5 Å². The van der Waals surface area contributed by atoms with Crippen molar-refractivity contribution in [3.05, 3.63) is 29.6 Å². The van der Waals surface area contributed by atoms with Crippen molar-refractivity contribution < 1.29 is 5.11 Å². The molecule has 0 fully saturated rings. The fourth-order valence-electron chi connectivity index (χ4n) is 0.829. The molecule has 0 aliphatic heterocycles. The van der Waals surface area contributed by atoms with Crippen LogP contribution in [0.4, 0.5) is 0 Å². The molecule has 60 valence electrons. The SMILES string of the molecule is Cc1cccc(C(O)CCl)n1. The van der Waals surface area contributed by atoms with Crippen LogP contribution in [-0.4, -0.2) is 16.0 Å². The number of rotatable bonds is 2. The lowest BCUT2D eigenvalue weighted by Gasteiger charge is -2.05. The summed E-state index contributed by atoms with van der Waals surface area (Å²) in [5.41, 5.74) is 1.53. The summed E-state index contributed by atoms with van der Waals surface area (Å²) < 4.78 is 0. The smallest absolute Gasteiger partial charge is 0.109 e. The molecule has 0 saturated heterocycles. The van der Waals surface area contributed by atoms with Crippen LogP contribution < -0.4 is 0 Å². The van der Waals surface area contributed by atoms with Crippen LogP contribution in [0.15, 0.2) is 18.2 Å². The van der Waals surface area contributed by atoms with Crippen LogP contribution in [0.2, 0.25) is 0 Å². The second kappa shape index (κ2) is 3.69. The molecule has 11 heavy (non-hydrogen) atoms. The van der Waals surface area contributed by atoms with E-state index >= 15 is 0 Å². The summed E-state index contributed by atoms with van der Waals surface area (Å²) in [5, 5.41) is 9.26. The van der Waals surface area contributed by atoms with Crippen LogP contribution in [0.25, 0.3) is 0 Å². The number of aliphatic hydroxyl groups excluding tert-OH is 1. The first-order chi connectivity index (χ1) is 5.24. The highest BCUT2D eigenvalue weighted by atomic mass is 35.5. The Bertz CT molecular complexity index is 239. The number of pyridine rings is 1. The summed E-state index contributed by atoms with van der Waals surface area (Å²) in [4.78, 5) is 4.11. The molecule has 0 spiro atoms. The van der Waals surface area contributed by atoms with Gasteiger partial charge in [0.1, 0.15) is 6.10 Å². The fraction of sp³-hybridized carbons (Fsp3) is 0.375. The van der Waals surface area contributed by atoms with Gasteiger partial charge in [-0.15, -0.1) is 11.6 Å². The van der Waals surface area contributed by atoms with Gasteiger partial charge < -0.3 is 5.11 Å². The topological polar surface area (TPSA) is 33.1 Å². The van der Waals surface area contributed by atoms with Crippen molar-refractivity contribution >= 4 is 11.6 Å². The maximum Gasteiger partial charge on any atom is 0.109 e. The number of aliphatic hydroxyl groups is 1. The number of hydrogen-bond donors (Lipinski definition) is 1. The molecule has 1 rings (SSSR count). The lowest BCUT2D eigenvalue weighted by molar-refractivity contribution is 0.197. The van der Waals surface area contributed by atoms with Crippen LogP contribution in [0.3, 0.4) is 0 Å². The zero-order chi connectivity index (χ0) is 8.27. The molecular formula is C8H10ClNO. The molecule has 0 amide bonds. The molecule has 1 aromatic rings. The Balaban J connectivity index is 2.86. The predicted octanol–water partition coefficient (Wildman–Crippen LogP) is 1.66.